The van der Waals surface area contributed by atoms with Gasteiger partial charge in [0.2, 0.25) is 0 Å². The first-order valence-electron chi connectivity index (χ1n) is 19.3. The largest absolute Gasteiger partial charge is 0.309 e. The summed E-state index contributed by atoms with van der Waals surface area (Å²) in [6.45, 7) is 0. The molecule has 8 aromatic carbocycles. The molecule has 58 heavy (non-hydrogen) atoms. The van der Waals surface area contributed by atoms with Gasteiger partial charge in [-0.15, -0.1) is 0 Å². The molecule has 6 heteroatoms. The van der Waals surface area contributed by atoms with Crippen LogP contribution in [0.15, 0.2) is 194 Å². The van der Waals surface area contributed by atoms with Crippen molar-refractivity contribution in [3.05, 3.63) is 200 Å². The van der Waals surface area contributed by atoms with Gasteiger partial charge < -0.3 is 9.13 Å². The second-order valence-corrected chi connectivity index (χ2v) is 14.3. The van der Waals surface area contributed by atoms with Crippen LogP contribution in [0.2, 0.25) is 0 Å². The standard InChI is InChI=1S/C52H32N6/c53-33-43-37(24-15-29-48(43)57-44-25-11-7-20-38(44)39-21-8-12-26-45(39)57)36-30-31-49(58-46-27-13-9-22-40(46)41-23-10-14-28-47(41)58)42(32-36)52-55-50(34-16-3-1-4-17-34)54-51(56-52)35-18-5-2-6-19-35/h1-32H. The SMILES string of the molecule is N#Cc1c(-c2ccc(-n3c4ccccc4c4ccccc43)c(-c3nc(-c4ccccc4)nc(-c4ccccc4)n3)c2)cccc1-n1c2ccccc2c2ccccc21. The molecule has 0 fully saturated rings. The molecule has 0 N–H and O–H groups in total. The van der Waals surface area contributed by atoms with Gasteiger partial charge in [-0.3, -0.25) is 0 Å². The van der Waals surface area contributed by atoms with E-state index in [0.29, 0.717) is 23.0 Å². The maximum Gasteiger partial charge on any atom is 0.166 e. The van der Waals surface area contributed by atoms with E-state index in [4.69, 9.17) is 15.0 Å². The molecule has 11 aromatic rings. The van der Waals surface area contributed by atoms with Gasteiger partial charge in [0.15, 0.2) is 17.5 Å². The van der Waals surface area contributed by atoms with E-state index in [1.54, 1.807) is 0 Å². The van der Waals surface area contributed by atoms with Crippen molar-refractivity contribution >= 4 is 43.6 Å². The highest BCUT2D eigenvalue weighted by molar-refractivity contribution is 6.11. The minimum atomic E-state index is 0.531. The molecule has 0 unspecified atom stereocenters. The highest BCUT2D eigenvalue weighted by atomic mass is 15.1. The summed E-state index contributed by atoms with van der Waals surface area (Å²) in [5, 5.41) is 15.7. The average molecular weight is 741 g/mol. The molecule has 0 spiro atoms. The van der Waals surface area contributed by atoms with E-state index in [1.165, 1.54) is 0 Å². The van der Waals surface area contributed by atoms with Crippen molar-refractivity contribution in [2.24, 2.45) is 0 Å². The molecule has 0 saturated carbocycles. The van der Waals surface area contributed by atoms with Gasteiger partial charge in [-0.05, 0) is 48.0 Å². The van der Waals surface area contributed by atoms with Crippen LogP contribution in [0, 0.1) is 11.3 Å². The molecule has 270 valence electrons. The predicted molar refractivity (Wildman–Crippen MR) is 235 cm³/mol. The molecule has 0 atom stereocenters. The summed E-state index contributed by atoms with van der Waals surface area (Å²) in [6, 6.07) is 69.0. The maximum absolute atomic E-state index is 11.1. The first kappa shape index (κ1) is 33.2. The molecular formula is C52H32N6. The normalized spacial score (nSPS) is 11.4. The highest BCUT2D eigenvalue weighted by Gasteiger charge is 2.22. The van der Waals surface area contributed by atoms with E-state index in [9.17, 15) is 5.26 Å². The van der Waals surface area contributed by atoms with Crippen molar-refractivity contribution in [2.75, 3.05) is 0 Å². The van der Waals surface area contributed by atoms with Crippen molar-refractivity contribution < 1.29 is 0 Å². The molecule has 0 aliphatic rings. The maximum atomic E-state index is 11.1. The molecule has 0 bridgehead atoms. The van der Waals surface area contributed by atoms with Gasteiger partial charge in [0.25, 0.3) is 0 Å². The Morgan fingerprint density at radius 3 is 1.26 bits per heavy atom. The number of benzene rings is 8. The van der Waals surface area contributed by atoms with Gasteiger partial charge in [-0.1, -0.05) is 152 Å². The average Bonchev–Trinajstić information content (AvgIpc) is 3.82. The Kier molecular flexibility index (Phi) is 7.76. The van der Waals surface area contributed by atoms with Crippen molar-refractivity contribution in [1.29, 1.82) is 5.26 Å². The molecule has 3 heterocycles. The third kappa shape index (κ3) is 5.30. The molecule has 3 aromatic heterocycles. The lowest BCUT2D eigenvalue weighted by molar-refractivity contribution is 1.06. The van der Waals surface area contributed by atoms with Gasteiger partial charge in [0.05, 0.1) is 39.0 Å². The van der Waals surface area contributed by atoms with Crippen molar-refractivity contribution in [2.45, 2.75) is 0 Å². The van der Waals surface area contributed by atoms with Gasteiger partial charge >= 0.3 is 0 Å². The second kappa shape index (κ2) is 13.6. The van der Waals surface area contributed by atoms with E-state index < -0.39 is 0 Å². The topological polar surface area (TPSA) is 72.3 Å². The van der Waals surface area contributed by atoms with Crippen LogP contribution < -0.4 is 0 Å². The van der Waals surface area contributed by atoms with E-state index >= 15 is 0 Å². The Labute approximate surface area is 334 Å². The fraction of sp³-hybridized carbons (Fsp3) is 0. The zero-order chi connectivity index (χ0) is 38.6. The van der Waals surface area contributed by atoms with Crippen LogP contribution >= 0.6 is 0 Å². The number of nitrogens with zero attached hydrogens (tertiary/aromatic N) is 6. The van der Waals surface area contributed by atoms with Crippen LogP contribution in [0.1, 0.15) is 5.56 Å². The van der Waals surface area contributed by atoms with E-state index in [2.05, 4.69) is 130 Å². The van der Waals surface area contributed by atoms with E-state index in [1.807, 2.05) is 78.9 Å². The number of rotatable bonds is 6. The Hall–Kier alpha value is -8.14. The third-order valence-electron chi connectivity index (χ3n) is 11.0. The number of nitriles is 1. The van der Waals surface area contributed by atoms with Crippen LogP contribution in [-0.4, -0.2) is 24.1 Å². The first-order valence-corrected chi connectivity index (χ1v) is 19.3. The minimum absolute atomic E-state index is 0.531. The molecule has 0 radical (unpaired) electrons. The number of para-hydroxylation sites is 4. The smallest absolute Gasteiger partial charge is 0.166 e. The number of fused-ring (bicyclic) bond motifs is 6. The molecule has 0 aliphatic carbocycles. The number of hydrogen-bond donors (Lipinski definition) is 0. The summed E-state index contributed by atoms with van der Waals surface area (Å²) < 4.78 is 4.52. The molecule has 6 nitrogen and oxygen atoms in total. The molecule has 0 saturated heterocycles. The van der Waals surface area contributed by atoms with Crippen LogP contribution in [0.25, 0.3) is 100 Å². The van der Waals surface area contributed by atoms with Gasteiger partial charge in [0.1, 0.15) is 6.07 Å². The van der Waals surface area contributed by atoms with E-state index in [-0.39, 0.29) is 0 Å². The van der Waals surface area contributed by atoms with Crippen LogP contribution in [-0.2, 0) is 0 Å². The Morgan fingerprint density at radius 2 is 0.776 bits per heavy atom. The van der Waals surface area contributed by atoms with Gasteiger partial charge in [-0.25, -0.2) is 15.0 Å². The molecular weight excluding hydrogens is 709 g/mol. The lowest BCUT2D eigenvalue weighted by Crippen LogP contribution is -2.04. The molecule has 11 rings (SSSR count). The summed E-state index contributed by atoms with van der Waals surface area (Å²) in [7, 11) is 0. The van der Waals surface area contributed by atoms with E-state index in [0.717, 1.165) is 82.8 Å². The zero-order valence-corrected chi connectivity index (χ0v) is 31.2. The van der Waals surface area contributed by atoms with Crippen molar-refractivity contribution in [3.63, 3.8) is 0 Å². The van der Waals surface area contributed by atoms with Crippen LogP contribution in [0.4, 0.5) is 0 Å². The summed E-state index contributed by atoms with van der Waals surface area (Å²) in [5.41, 5.74) is 10.9. The fourth-order valence-corrected chi connectivity index (χ4v) is 8.46. The Morgan fingerprint density at radius 1 is 0.345 bits per heavy atom. The summed E-state index contributed by atoms with van der Waals surface area (Å²) >= 11 is 0. The fourth-order valence-electron chi connectivity index (χ4n) is 8.46. The lowest BCUT2D eigenvalue weighted by atomic mass is 9.96. The number of hydrogen-bond acceptors (Lipinski definition) is 4. The molecule has 0 amide bonds. The van der Waals surface area contributed by atoms with Crippen LogP contribution in [0.3, 0.4) is 0 Å². The van der Waals surface area contributed by atoms with Crippen LogP contribution in [0.5, 0.6) is 0 Å². The van der Waals surface area contributed by atoms with Gasteiger partial charge in [0, 0.05) is 43.8 Å². The molecule has 0 aliphatic heterocycles. The van der Waals surface area contributed by atoms with Gasteiger partial charge in [-0.2, -0.15) is 5.26 Å². The summed E-state index contributed by atoms with van der Waals surface area (Å²) in [4.78, 5) is 15.5. The monoisotopic (exact) mass is 740 g/mol. The van der Waals surface area contributed by atoms with Crippen molar-refractivity contribution in [1.82, 2.24) is 24.1 Å². The first-order chi connectivity index (χ1) is 28.7. The van der Waals surface area contributed by atoms with Crippen molar-refractivity contribution in [3.8, 4) is 62.7 Å². The predicted octanol–water partition coefficient (Wildman–Crippen LogP) is 12.6. The minimum Gasteiger partial charge on any atom is -0.309 e. The third-order valence-corrected chi connectivity index (χ3v) is 11.0. The summed E-state index contributed by atoms with van der Waals surface area (Å²) in [6.07, 6.45) is 0. The number of aromatic nitrogens is 5. The Bertz CT molecular complexity index is 3240. The summed E-state index contributed by atoms with van der Waals surface area (Å²) in [5.74, 6) is 1.69. The highest BCUT2D eigenvalue weighted by Crippen LogP contribution is 2.40. The lowest BCUT2D eigenvalue weighted by Gasteiger charge is -2.17. The quantitative estimate of drug-likeness (QED) is 0.170. The zero-order valence-electron chi connectivity index (χ0n) is 31.2. The Balaban J connectivity index is 1.21. The second-order valence-electron chi connectivity index (χ2n) is 14.3.